The number of nitrogens with two attached hydrogens (primary N) is 2. The lowest BCUT2D eigenvalue weighted by Gasteiger charge is -2.02. The Morgan fingerprint density at radius 3 is 1.80 bits per heavy atom. The Kier molecular flexibility index (Phi) is 4.94. The molecule has 0 saturated carbocycles. The van der Waals surface area contributed by atoms with Crippen LogP contribution in [0.2, 0.25) is 0 Å². The molecule has 5 N–H and O–H groups in total. The Hall–Kier alpha value is -2.26. The summed E-state index contributed by atoms with van der Waals surface area (Å²) in [6.45, 7) is 2.01. The second-order valence-corrected chi connectivity index (χ2v) is 5.44. The van der Waals surface area contributed by atoms with Gasteiger partial charge in [0.05, 0.1) is 6.26 Å². The molecule has 0 aliphatic heterocycles. The third-order valence-electron chi connectivity index (χ3n) is 1.98. The van der Waals surface area contributed by atoms with Crippen LogP contribution in [0.3, 0.4) is 0 Å². The average Bonchev–Trinajstić information content (AvgIpc) is 2.26. The molecule has 1 aromatic carbocycles. The van der Waals surface area contributed by atoms with E-state index in [1.165, 1.54) is 5.56 Å². The van der Waals surface area contributed by atoms with Crippen molar-refractivity contribution in [2.75, 3.05) is 17.7 Å². The van der Waals surface area contributed by atoms with Crippen molar-refractivity contribution in [1.29, 1.82) is 0 Å². The molecule has 0 spiro atoms. The molecule has 0 aliphatic rings. The quantitative estimate of drug-likeness (QED) is 0.645. The van der Waals surface area contributed by atoms with Crippen LogP contribution in [0.25, 0.3) is 11.4 Å². The molecule has 2 rings (SSSR count). The summed E-state index contributed by atoms with van der Waals surface area (Å²) in [5.74, 6) is 0.774. The van der Waals surface area contributed by atoms with E-state index >= 15 is 0 Å². The van der Waals surface area contributed by atoms with Crippen LogP contribution in [0.4, 0.5) is 11.9 Å². The fraction of sp³-hybridized carbons (Fsp3) is 0.182. The van der Waals surface area contributed by atoms with Crippen molar-refractivity contribution in [3.05, 3.63) is 29.8 Å². The minimum atomic E-state index is -3.67. The molecule has 0 atom stereocenters. The first-order valence-corrected chi connectivity index (χ1v) is 7.26. The number of anilines is 2. The van der Waals surface area contributed by atoms with Gasteiger partial charge in [-0.05, 0) is 6.92 Å². The highest BCUT2D eigenvalue weighted by Crippen LogP contribution is 2.16. The molecule has 0 radical (unpaired) electrons. The van der Waals surface area contributed by atoms with Gasteiger partial charge in [-0.15, -0.1) is 0 Å². The molecular formula is C11H15N5O3S. The molecule has 0 saturated heterocycles. The Balaban J connectivity index is 0.000000347. The third-order valence-corrected chi connectivity index (χ3v) is 1.98. The normalized spacial score (nSPS) is 10.6. The lowest BCUT2D eigenvalue weighted by molar-refractivity contribution is 0.490. The number of hydrogen-bond acceptors (Lipinski definition) is 7. The van der Waals surface area contributed by atoms with Gasteiger partial charge in [0.2, 0.25) is 11.9 Å². The van der Waals surface area contributed by atoms with Gasteiger partial charge in [0.15, 0.2) is 5.82 Å². The largest absolute Gasteiger partial charge is 0.368 e. The molecule has 0 amide bonds. The van der Waals surface area contributed by atoms with Gasteiger partial charge in [0.25, 0.3) is 10.1 Å². The van der Waals surface area contributed by atoms with E-state index in [0.717, 1.165) is 5.56 Å². The summed E-state index contributed by atoms with van der Waals surface area (Å²) in [5.41, 5.74) is 13.0. The van der Waals surface area contributed by atoms with E-state index < -0.39 is 10.1 Å². The highest BCUT2D eigenvalue weighted by molar-refractivity contribution is 7.85. The molecule has 2 aromatic rings. The van der Waals surface area contributed by atoms with Crippen LogP contribution in [-0.2, 0) is 10.1 Å². The lowest BCUT2D eigenvalue weighted by atomic mass is 10.1. The molecule has 1 heterocycles. The zero-order valence-corrected chi connectivity index (χ0v) is 11.8. The zero-order valence-electron chi connectivity index (χ0n) is 11.0. The lowest BCUT2D eigenvalue weighted by Crippen LogP contribution is -2.04. The van der Waals surface area contributed by atoms with E-state index in [-0.39, 0.29) is 11.9 Å². The van der Waals surface area contributed by atoms with E-state index in [1.807, 2.05) is 31.2 Å². The number of aromatic nitrogens is 3. The van der Waals surface area contributed by atoms with Crippen LogP contribution in [0.5, 0.6) is 0 Å². The number of rotatable bonds is 1. The second kappa shape index (κ2) is 6.26. The van der Waals surface area contributed by atoms with Gasteiger partial charge < -0.3 is 11.5 Å². The van der Waals surface area contributed by atoms with Crippen molar-refractivity contribution >= 4 is 22.0 Å². The monoisotopic (exact) mass is 297 g/mol. The highest BCUT2D eigenvalue weighted by atomic mass is 32.2. The van der Waals surface area contributed by atoms with Crippen LogP contribution in [0.15, 0.2) is 24.3 Å². The molecule has 0 unspecified atom stereocenters. The second-order valence-electron chi connectivity index (χ2n) is 3.97. The van der Waals surface area contributed by atoms with E-state index in [9.17, 15) is 8.42 Å². The first kappa shape index (κ1) is 15.8. The predicted octanol–water partition coefficient (Wildman–Crippen LogP) is 0.515. The fourth-order valence-corrected chi connectivity index (χ4v) is 1.24. The van der Waals surface area contributed by atoms with Crippen molar-refractivity contribution in [3.8, 4) is 11.4 Å². The highest BCUT2D eigenvalue weighted by Gasteiger charge is 2.03. The van der Waals surface area contributed by atoms with E-state index in [4.69, 9.17) is 16.0 Å². The van der Waals surface area contributed by atoms with E-state index in [1.54, 1.807) is 0 Å². The van der Waals surface area contributed by atoms with Gasteiger partial charge in [-0.25, -0.2) is 0 Å². The number of hydrogen-bond donors (Lipinski definition) is 3. The van der Waals surface area contributed by atoms with Gasteiger partial charge >= 0.3 is 0 Å². The van der Waals surface area contributed by atoms with Crippen molar-refractivity contribution in [2.24, 2.45) is 0 Å². The summed E-state index contributed by atoms with van der Waals surface area (Å²) in [5, 5.41) is 0. The maximum absolute atomic E-state index is 9.19. The van der Waals surface area contributed by atoms with E-state index in [0.29, 0.717) is 12.1 Å². The average molecular weight is 297 g/mol. The maximum atomic E-state index is 9.19. The first-order valence-electron chi connectivity index (χ1n) is 5.41. The smallest absolute Gasteiger partial charge is 0.261 e. The Bertz CT molecular complexity index is 657. The minimum absolute atomic E-state index is 0.137. The van der Waals surface area contributed by atoms with Gasteiger partial charge in [-0.2, -0.15) is 23.4 Å². The van der Waals surface area contributed by atoms with Gasteiger partial charge in [-0.3, -0.25) is 4.55 Å². The Morgan fingerprint density at radius 1 is 1.00 bits per heavy atom. The summed E-state index contributed by atoms with van der Waals surface area (Å²) in [6, 6.07) is 7.80. The van der Waals surface area contributed by atoms with Gasteiger partial charge in [-0.1, -0.05) is 29.8 Å². The number of aryl methyl sites for hydroxylation is 1. The molecule has 0 fully saturated rings. The Morgan fingerprint density at radius 2 is 1.40 bits per heavy atom. The summed E-state index contributed by atoms with van der Waals surface area (Å²) < 4.78 is 25.9. The predicted molar refractivity (Wildman–Crippen MR) is 76.3 cm³/mol. The van der Waals surface area contributed by atoms with Crippen molar-refractivity contribution < 1.29 is 13.0 Å². The zero-order chi connectivity index (χ0) is 15.3. The van der Waals surface area contributed by atoms with Gasteiger partial charge in [0, 0.05) is 5.56 Å². The standard InChI is InChI=1S/C10H11N5.CH4O3S/c1-6-2-4-7(5-3-6)8-13-9(11)15-10(12)14-8;1-5(2,3)4/h2-5H,1H3,(H4,11,12,13,14,15);1H3,(H,2,3,4). The van der Waals surface area contributed by atoms with Crippen LogP contribution >= 0.6 is 0 Å². The Labute approximate surface area is 116 Å². The molecule has 1 aromatic heterocycles. The van der Waals surface area contributed by atoms with Gasteiger partial charge in [0.1, 0.15) is 0 Å². The molecular weight excluding hydrogens is 282 g/mol. The van der Waals surface area contributed by atoms with Crippen LogP contribution < -0.4 is 11.5 Å². The summed E-state index contributed by atoms with van der Waals surface area (Å²) in [6.07, 6.45) is 0.715. The maximum Gasteiger partial charge on any atom is 0.261 e. The number of nitrogens with zero attached hydrogens (tertiary/aromatic N) is 3. The first-order chi connectivity index (χ1) is 9.15. The molecule has 20 heavy (non-hydrogen) atoms. The molecule has 108 valence electrons. The van der Waals surface area contributed by atoms with Crippen molar-refractivity contribution in [3.63, 3.8) is 0 Å². The topological polar surface area (TPSA) is 145 Å². The third kappa shape index (κ3) is 6.07. The minimum Gasteiger partial charge on any atom is -0.368 e. The fourth-order valence-electron chi connectivity index (χ4n) is 1.24. The summed E-state index contributed by atoms with van der Waals surface area (Å²) in [4.78, 5) is 11.7. The number of nitrogen functional groups attached to an aromatic ring is 2. The number of benzene rings is 1. The van der Waals surface area contributed by atoms with Crippen LogP contribution in [0, 0.1) is 6.92 Å². The SMILES string of the molecule is CS(=O)(=O)O.Cc1ccc(-c2nc(N)nc(N)n2)cc1. The van der Waals surface area contributed by atoms with Crippen molar-refractivity contribution in [1.82, 2.24) is 15.0 Å². The molecule has 9 heteroatoms. The van der Waals surface area contributed by atoms with Crippen molar-refractivity contribution in [2.45, 2.75) is 6.92 Å². The molecule has 0 aliphatic carbocycles. The molecule has 8 nitrogen and oxygen atoms in total. The summed E-state index contributed by atoms with van der Waals surface area (Å²) in [7, 11) is -3.67. The summed E-state index contributed by atoms with van der Waals surface area (Å²) >= 11 is 0. The van der Waals surface area contributed by atoms with Crippen LogP contribution in [0.1, 0.15) is 5.56 Å². The van der Waals surface area contributed by atoms with Crippen LogP contribution in [-0.4, -0.2) is 34.2 Å². The van der Waals surface area contributed by atoms with E-state index in [2.05, 4.69) is 15.0 Å². The molecule has 0 bridgehead atoms.